The maximum Gasteiger partial charge on any atom is 0.150 e. The number of hydrogen-bond acceptors (Lipinski definition) is 2. The van der Waals surface area contributed by atoms with Crippen LogP contribution >= 0.6 is 39.1 Å². The molecule has 0 saturated heterocycles. The Morgan fingerprint density at radius 1 is 0.976 bits per heavy atom. The number of nitriles is 2. The second kappa shape index (κ2) is 12.7. The van der Waals surface area contributed by atoms with E-state index in [4.69, 9.17) is 23.2 Å². The number of rotatable bonds is 5. The van der Waals surface area contributed by atoms with E-state index in [0.29, 0.717) is 6.42 Å². The van der Waals surface area contributed by atoms with Crippen LogP contribution in [0.3, 0.4) is 0 Å². The molecular formula is C34H31BrCl2N4. The van der Waals surface area contributed by atoms with Crippen LogP contribution in [0.25, 0.3) is 21.8 Å². The molecule has 6 rings (SSSR count). The Morgan fingerprint density at radius 2 is 1.66 bits per heavy atom. The summed E-state index contributed by atoms with van der Waals surface area (Å²) in [4.78, 5) is 3.75. The van der Waals surface area contributed by atoms with Gasteiger partial charge < -0.3 is 9.55 Å². The zero-order chi connectivity index (χ0) is 29.0. The van der Waals surface area contributed by atoms with Gasteiger partial charge in [0.25, 0.3) is 0 Å². The topological polar surface area (TPSA) is 68.3 Å². The third-order valence-electron chi connectivity index (χ3n) is 8.36. The largest absolute Gasteiger partial charge is 0.358 e. The Balaban J connectivity index is 0.00000108. The summed E-state index contributed by atoms with van der Waals surface area (Å²) in [6, 6.07) is 30.3. The number of H-pyrrole nitrogens is 1. The predicted octanol–water partition coefficient (Wildman–Crippen LogP) is 9.88. The van der Waals surface area contributed by atoms with E-state index in [0.717, 1.165) is 52.4 Å². The SMILES string of the molecule is CCC[C@@H]1C[C@H](c2cn(Cc3ccccc3)c3c(Br)cccc23)c2[nH]c3ccccc3c2CC1(C#N)C#N.ClCCl. The first kappa shape index (κ1) is 29.3. The molecule has 2 aromatic heterocycles. The highest BCUT2D eigenvalue weighted by Gasteiger charge is 2.45. The van der Waals surface area contributed by atoms with Crippen molar-refractivity contribution in [3.63, 3.8) is 0 Å². The van der Waals surface area contributed by atoms with E-state index in [2.05, 4.69) is 105 Å². The molecule has 0 bridgehead atoms. The second-order valence-electron chi connectivity index (χ2n) is 10.6. The molecule has 0 unspecified atom stereocenters. The summed E-state index contributed by atoms with van der Waals surface area (Å²) in [5.74, 6) is 0.0260. The van der Waals surface area contributed by atoms with Crippen LogP contribution < -0.4 is 0 Å². The molecule has 0 fully saturated rings. The number of para-hydroxylation sites is 2. The number of fused-ring (bicyclic) bond motifs is 4. The van der Waals surface area contributed by atoms with Gasteiger partial charge in [-0.2, -0.15) is 10.5 Å². The van der Waals surface area contributed by atoms with E-state index >= 15 is 0 Å². The Morgan fingerprint density at radius 3 is 2.37 bits per heavy atom. The number of nitrogens with zero attached hydrogens (tertiary/aromatic N) is 3. The second-order valence-corrected chi connectivity index (χ2v) is 12.3. The molecular weight excluding hydrogens is 615 g/mol. The van der Waals surface area contributed by atoms with Crippen molar-refractivity contribution >= 4 is 60.9 Å². The molecule has 2 heterocycles. The molecule has 0 aliphatic heterocycles. The van der Waals surface area contributed by atoms with Crippen LogP contribution in [0.5, 0.6) is 0 Å². The highest BCUT2D eigenvalue weighted by atomic mass is 79.9. The first-order valence-electron chi connectivity index (χ1n) is 13.8. The van der Waals surface area contributed by atoms with E-state index in [1.165, 1.54) is 22.0 Å². The lowest BCUT2D eigenvalue weighted by molar-refractivity contribution is 0.275. The number of halogens is 3. The average molecular weight is 646 g/mol. The molecule has 0 radical (unpaired) electrons. The lowest BCUT2D eigenvalue weighted by atomic mass is 9.70. The van der Waals surface area contributed by atoms with Gasteiger partial charge in [-0.25, -0.2) is 0 Å². The maximum absolute atomic E-state index is 10.4. The molecule has 2 atom stereocenters. The van der Waals surface area contributed by atoms with Gasteiger partial charge in [0.1, 0.15) is 0 Å². The predicted molar refractivity (Wildman–Crippen MR) is 172 cm³/mol. The molecule has 1 N–H and O–H groups in total. The summed E-state index contributed by atoms with van der Waals surface area (Å²) >= 11 is 13.4. The van der Waals surface area contributed by atoms with Crippen LogP contribution in [0.4, 0.5) is 0 Å². The number of aromatic amines is 1. The fourth-order valence-corrected chi connectivity index (χ4v) is 7.14. The van der Waals surface area contributed by atoms with Crippen LogP contribution in [0, 0.1) is 34.0 Å². The highest BCUT2D eigenvalue weighted by Crippen LogP contribution is 2.50. The van der Waals surface area contributed by atoms with Crippen molar-refractivity contribution in [2.75, 3.05) is 5.34 Å². The van der Waals surface area contributed by atoms with Gasteiger partial charge in [-0.3, -0.25) is 0 Å². The summed E-state index contributed by atoms with van der Waals surface area (Å²) in [7, 11) is 0. The normalized spacial score (nSPS) is 17.6. The van der Waals surface area contributed by atoms with Gasteiger partial charge >= 0.3 is 0 Å². The summed E-state index contributed by atoms with van der Waals surface area (Å²) in [6.07, 6.45) is 5.31. The summed E-state index contributed by atoms with van der Waals surface area (Å²) in [5.41, 5.74) is 5.95. The Kier molecular flexibility index (Phi) is 9.10. The van der Waals surface area contributed by atoms with Crippen molar-refractivity contribution in [2.24, 2.45) is 11.3 Å². The molecule has 5 aromatic rings. The molecule has 208 valence electrons. The molecule has 41 heavy (non-hydrogen) atoms. The minimum absolute atomic E-state index is 0.0215. The number of hydrogen-bond donors (Lipinski definition) is 1. The summed E-state index contributed by atoms with van der Waals surface area (Å²) in [5, 5.41) is 23.4. The average Bonchev–Trinajstić information content (AvgIpc) is 3.50. The number of benzene rings is 3. The third kappa shape index (κ3) is 5.52. The van der Waals surface area contributed by atoms with E-state index < -0.39 is 5.41 Å². The maximum atomic E-state index is 10.4. The van der Waals surface area contributed by atoms with Crippen molar-refractivity contribution in [1.29, 1.82) is 10.5 Å². The van der Waals surface area contributed by atoms with E-state index in [-0.39, 0.29) is 17.2 Å². The first-order chi connectivity index (χ1) is 20.0. The molecule has 4 nitrogen and oxygen atoms in total. The summed E-state index contributed by atoms with van der Waals surface area (Å²) in [6.45, 7) is 2.92. The Bertz CT molecular complexity index is 1730. The monoisotopic (exact) mass is 644 g/mol. The van der Waals surface area contributed by atoms with Crippen molar-refractivity contribution in [1.82, 2.24) is 9.55 Å². The number of nitrogens with one attached hydrogen (secondary N) is 1. The third-order valence-corrected chi connectivity index (χ3v) is 9.00. The quantitative estimate of drug-likeness (QED) is 0.153. The number of aromatic nitrogens is 2. The van der Waals surface area contributed by atoms with Gasteiger partial charge in [0.2, 0.25) is 0 Å². The molecule has 3 aromatic carbocycles. The van der Waals surface area contributed by atoms with Crippen LogP contribution in [-0.2, 0) is 13.0 Å². The van der Waals surface area contributed by atoms with Crippen molar-refractivity contribution in [3.8, 4) is 12.1 Å². The summed E-state index contributed by atoms with van der Waals surface area (Å²) < 4.78 is 3.41. The van der Waals surface area contributed by atoms with Crippen LogP contribution in [-0.4, -0.2) is 14.9 Å². The zero-order valence-corrected chi connectivity index (χ0v) is 26.0. The fourth-order valence-electron chi connectivity index (χ4n) is 6.54. The number of alkyl halides is 2. The van der Waals surface area contributed by atoms with Gasteiger partial charge in [0.05, 0.1) is 23.0 Å². The first-order valence-corrected chi connectivity index (χ1v) is 15.7. The minimum atomic E-state index is -1.05. The van der Waals surface area contributed by atoms with Crippen LogP contribution in [0.1, 0.15) is 54.5 Å². The van der Waals surface area contributed by atoms with Gasteiger partial charge in [0.15, 0.2) is 5.41 Å². The van der Waals surface area contributed by atoms with Gasteiger partial charge in [0, 0.05) is 51.5 Å². The smallest absolute Gasteiger partial charge is 0.150 e. The van der Waals surface area contributed by atoms with Crippen LogP contribution in [0.15, 0.2) is 83.5 Å². The molecule has 0 spiro atoms. The van der Waals surface area contributed by atoms with E-state index in [1.807, 2.05) is 18.2 Å². The van der Waals surface area contributed by atoms with Crippen molar-refractivity contribution in [2.45, 2.75) is 45.1 Å². The van der Waals surface area contributed by atoms with Crippen molar-refractivity contribution in [3.05, 3.63) is 106 Å². The van der Waals surface area contributed by atoms with Gasteiger partial charge in [-0.1, -0.05) is 74.0 Å². The highest BCUT2D eigenvalue weighted by molar-refractivity contribution is 9.10. The van der Waals surface area contributed by atoms with E-state index in [1.54, 1.807) is 0 Å². The van der Waals surface area contributed by atoms with Gasteiger partial charge in [-0.05, 0) is 63.5 Å². The molecule has 7 heteroatoms. The molecule has 1 aliphatic carbocycles. The Hall–Kier alpha value is -3.22. The lowest BCUT2D eigenvalue weighted by Gasteiger charge is -2.28. The van der Waals surface area contributed by atoms with Crippen molar-refractivity contribution < 1.29 is 0 Å². The minimum Gasteiger partial charge on any atom is -0.358 e. The Labute approximate surface area is 259 Å². The standard InChI is InChI=1S/C33H29BrN4.CH2Cl2/c1-2-9-23-16-26(31-27(17-33(23,20-35)21-36)24-12-6-7-15-30(24)37-31)28-19-38(18-22-10-4-3-5-11-22)32-25(28)13-8-14-29(32)34;2-1-3/h3-8,10-15,19,23,26,37H,2,9,16-18H2,1H3;1H2/t23-,26-;/m1./s1. The fraction of sp³-hybridized carbons (Fsp3) is 0.294. The van der Waals surface area contributed by atoms with Crippen LogP contribution in [0.2, 0.25) is 0 Å². The molecule has 1 aliphatic rings. The molecule has 0 amide bonds. The zero-order valence-electron chi connectivity index (χ0n) is 22.9. The lowest BCUT2D eigenvalue weighted by Crippen LogP contribution is -2.29. The van der Waals surface area contributed by atoms with Gasteiger partial charge in [-0.15, -0.1) is 23.2 Å². The molecule has 0 saturated carbocycles. The van der Waals surface area contributed by atoms with E-state index in [9.17, 15) is 10.5 Å².